The molecule has 0 aliphatic heterocycles. The molecule has 1 N–H and O–H groups in total. The van der Waals surface area contributed by atoms with Crippen LogP contribution in [-0.4, -0.2) is 5.11 Å². The molecule has 0 spiro atoms. The van der Waals surface area contributed by atoms with Gasteiger partial charge in [-0.2, -0.15) is 5.26 Å². The molecule has 0 aromatic heterocycles. The molecule has 0 fully saturated rings. The van der Waals surface area contributed by atoms with E-state index in [9.17, 15) is 0 Å². The lowest BCUT2D eigenvalue weighted by atomic mass is 10.0. The van der Waals surface area contributed by atoms with Gasteiger partial charge in [-0.05, 0) is 23.6 Å². The van der Waals surface area contributed by atoms with Gasteiger partial charge in [-0.3, -0.25) is 0 Å². The first-order valence-corrected chi connectivity index (χ1v) is 4.32. The first-order valence-electron chi connectivity index (χ1n) is 4.32. The molecular weight excluding hydrogens is 162 g/mol. The van der Waals surface area contributed by atoms with Crippen molar-refractivity contribution in [3.63, 3.8) is 0 Å². The van der Waals surface area contributed by atoms with E-state index in [1.54, 1.807) is 6.07 Å². The first-order chi connectivity index (χ1) is 6.31. The molecule has 0 aliphatic rings. The lowest BCUT2D eigenvalue weighted by Gasteiger charge is -2.03. The number of aliphatic hydroxyl groups excluding tert-OH is 1. The van der Waals surface area contributed by atoms with E-state index in [4.69, 9.17) is 10.4 Å². The summed E-state index contributed by atoms with van der Waals surface area (Å²) in [6, 6.07) is 7.53. The highest BCUT2D eigenvalue weighted by molar-refractivity contribution is 5.42. The fourth-order valence-electron chi connectivity index (χ4n) is 1.27. The molecule has 1 rings (SSSR count). The molecule has 0 heterocycles. The second kappa shape index (κ2) is 4.64. The Bertz CT molecular complexity index is 325. The molecule has 0 unspecified atom stereocenters. The Labute approximate surface area is 78.4 Å². The van der Waals surface area contributed by atoms with Crippen molar-refractivity contribution < 1.29 is 5.11 Å². The van der Waals surface area contributed by atoms with Gasteiger partial charge < -0.3 is 5.11 Å². The molecular formula is C11H12NO. The number of nitrogens with zero attached hydrogens (tertiary/aromatic N) is 1. The molecule has 1 aromatic rings. The Hall–Kier alpha value is -1.33. The van der Waals surface area contributed by atoms with Gasteiger partial charge in [-0.15, -0.1) is 0 Å². The van der Waals surface area contributed by atoms with Crippen LogP contribution in [-0.2, 0) is 6.42 Å². The van der Waals surface area contributed by atoms with Crippen LogP contribution in [0.15, 0.2) is 18.2 Å². The van der Waals surface area contributed by atoms with Gasteiger partial charge >= 0.3 is 0 Å². The number of aliphatic hydroxyl groups is 1. The maximum Gasteiger partial charge on any atom is 0.109 e. The maximum atomic E-state index is 8.82. The summed E-state index contributed by atoms with van der Waals surface area (Å²) < 4.78 is 0. The number of benzene rings is 1. The molecule has 13 heavy (non-hydrogen) atoms. The minimum absolute atomic E-state index is 0.657. The highest BCUT2D eigenvalue weighted by Gasteiger charge is 2.01. The van der Waals surface area contributed by atoms with Gasteiger partial charge in [0, 0.05) is 0 Å². The van der Waals surface area contributed by atoms with Gasteiger partial charge in [0.2, 0.25) is 0 Å². The van der Waals surface area contributed by atoms with Gasteiger partial charge in [-0.25, -0.2) is 0 Å². The summed E-state index contributed by atoms with van der Waals surface area (Å²) in [4.78, 5) is 0. The average molecular weight is 174 g/mol. The van der Waals surface area contributed by atoms with Gasteiger partial charge in [0.25, 0.3) is 0 Å². The predicted octanol–water partition coefficient (Wildman–Crippen LogP) is 2.39. The molecule has 0 saturated heterocycles. The van der Waals surface area contributed by atoms with Crippen molar-refractivity contribution in [2.45, 2.75) is 19.8 Å². The van der Waals surface area contributed by atoms with Crippen molar-refractivity contribution in [1.82, 2.24) is 0 Å². The van der Waals surface area contributed by atoms with Crippen LogP contribution in [0.25, 0.3) is 0 Å². The standard InChI is InChI=1S/C11H12NO/c1-2-3-10-5-4-9(8-13)6-11(10)7-12/h4-6,8,13H,2-3H2,1H3. The first kappa shape index (κ1) is 9.76. The van der Waals surface area contributed by atoms with Crippen LogP contribution in [0.4, 0.5) is 0 Å². The van der Waals surface area contributed by atoms with Crippen LogP contribution < -0.4 is 0 Å². The molecule has 1 radical (unpaired) electrons. The van der Waals surface area contributed by atoms with E-state index in [1.807, 2.05) is 12.1 Å². The lowest BCUT2D eigenvalue weighted by molar-refractivity contribution is 0.415. The Morgan fingerprint density at radius 1 is 1.54 bits per heavy atom. The minimum atomic E-state index is 0.657. The van der Waals surface area contributed by atoms with Crippen LogP contribution in [0.1, 0.15) is 30.0 Å². The van der Waals surface area contributed by atoms with Gasteiger partial charge in [0.1, 0.15) is 6.61 Å². The van der Waals surface area contributed by atoms with E-state index in [0.717, 1.165) is 25.0 Å². The third kappa shape index (κ3) is 2.30. The topological polar surface area (TPSA) is 44.0 Å². The van der Waals surface area contributed by atoms with Crippen molar-refractivity contribution in [2.24, 2.45) is 0 Å². The number of aryl methyl sites for hydroxylation is 1. The Morgan fingerprint density at radius 2 is 2.31 bits per heavy atom. The quantitative estimate of drug-likeness (QED) is 0.764. The van der Waals surface area contributed by atoms with Gasteiger partial charge in [-0.1, -0.05) is 25.5 Å². The van der Waals surface area contributed by atoms with Gasteiger partial charge in [0.15, 0.2) is 0 Å². The van der Waals surface area contributed by atoms with Crippen molar-refractivity contribution in [1.29, 1.82) is 5.26 Å². The van der Waals surface area contributed by atoms with Crippen molar-refractivity contribution in [3.8, 4) is 6.07 Å². The van der Waals surface area contributed by atoms with Crippen LogP contribution in [0.5, 0.6) is 0 Å². The fourth-order valence-corrected chi connectivity index (χ4v) is 1.27. The molecule has 0 atom stereocenters. The smallest absolute Gasteiger partial charge is 0.109 e. The predicted molar refractivity (Wildman–Crippen MR) is 50.5 cm³/mol. The minimum Gasteiger partial charge on any atom is -0.385 e. The molecule has 0 amide bonds. The number of hydrogen-bond acceptors (Lipinski definition) is 2. The third-order valence-corrected chi connectivity index (χ3v) is 1.92. The van der Waals surface area contributed by atoms with E-state index in [0.29, 0.717) is 11.1 Å². The summed E-state index contributed by atoms with van der Waals surface area (Å²) in [7, 11) is 0. The normalized spacial score (nSPS) is 9.62. The van der Waals surface area contributed by atoms with Crippen LogP contribution in [0.3, 0.4) is 0 Å². The molecule has 1 aromatic carbocycles. The highest BCUT2D eigenvalue weighted by Crippen LogP contribution is 2.13. The average Bonchev–Trinajstić information content (AvgIpc) is 2.19. The van der Waals surface area contributed by atoms with E-state index in [2.05, 4.69) is 13.0 Å². The Kier molecular flexibility index (Phi) is 3.48. The SMILES string of the molecule is CCCc1ccc([CH]O)cc1C#N. The second-order valence-electron chi connectivity index (χ2n) is 2.91. The molecule has 0 bridgehead atoms. The lowest BCUT2D eigenvalue weighted by Crippen LogP contribution is -1.91. The molecule has 67 valence electrons. The van der Waals surface area contributed by atoms with E-state index in [1.165, 1.54) is 0 Å². The summed E-state index contributed by atoms with van der Waals surface area (Å²) in [5, 5.41) is 17.6. The number of nitriles is 1. The summed E-state index contributed by atoms with van der Waals surface area (Å²) in [6.45, 7) is 3.09. The van der Waals surface area contributed by atoms with Crippen molar-refractivity contribution in [3.05, 3.63) is 41.5 Å². The van der Waals surface area contributed by atoms with Crippen molar-refractivity contribution >= 4 is 0 Å². The van der Waals surface area contributed by atoms with Crippen LogP contribution in [0, 0.1) is 17.9 Å². The summed E-state index contributed by atoms with van der Waals surface area (Å²) in [6.07, 6.45) is 1.94. The summed E-state index contributed by atoms with van der Waals surface area (Å²) in [5.74, 6) is 0. The van der Waals surface area contributed by atoms with E-state index < -0.39 is 0 Å². The Morgan fingerprint density at radius 3 is 2.85 bits per heavy atom. The zero-order valence-corrected chi connectivity index (χ0v) is 7.62. The highest BCUT2D eigenvalue weighted by atomic mass is 16.3. The number of rotatable bonds is 3. The number of hydrogen-bond donors (Lipinski definition) is 1. The monoisotopic (exact) mass is 174 g/mol. The molecule has 2 nitrogen and oxygen atoms in total. The van der Waals surface area contributed by atoms with Crippen LogP contribution >= 0.6 is 0 Å². The summed E-state index contributed by atoms with van der Waals surface area (Å²) >= 11 is 0. The molecule has 0 saturated carbocycles. The Balaban J connectivity index is 3.02. The van der Waals surface area contributed by atoms with Crippen molar-refractivity contribution in [2.75, 3.05) is 0 Å². The fraction of sp³-hybridized carbons (Fsp3) is 0.273. The second-order valence-corrected chi connectivity index (χ2v) is 2.91. The zero-order valence-electron chi connectivity index (χ0n) is 7.62. The molecule has 2 heteroatoms. The van der Waals surface area contributed by atoms with Crippen LogP contribution in [0.2, 0.25) is 0 Å². The third-order valence-electron chi connectivity index (χ3n) is 1.92. The maximum absolute atomic E-state index is 8.82. The largest absolute Gasteiger partial charge is 0.385 e. The molecule has 0 aliphatic carbocycles. The van der Waals surface area contributed by atoms with E-state index >= 15 is 0 Å². The summed E-state index contributed by atoms with van der Waals surface area (Å²) in [5.41, 5.74) is 2.39. The zero-order chi connectivity index (χ0) is 9.68. The van der Waals surface area contributed by atoms with E-state index in [-0.39, 0.29) is 0 Å². The van der Waals surface area contributed by atoms with Gasteiger partial charge in [0.05, 0.1) is 11.6 Å².